The fourth-order valence-electron chi connectivity index (χ4n) is 20.7. The van der Waals surface area contributed by atoms with E-state index >= 15 is 0 Å². The number of rotatable bonds is 14. The molecule has 6 fully saturated rings. The van der Waals surface area contributed by atoms with Gasteiger partial charge in [-0.2, -0.15) is 0 Å². The average molecular weight is 849 g/mol. The van der Waals surface area contributed by atoms with Crippen molar-refractivity contribution in [3.8, 4) is 0 Å². The third-order valence-corrected chi connectivity index (χ3v) is 26.2. The molecule has 0 aromatic carbocycles. The summed E-state index contributed by atoms with van der Waals surface area (Å²) in [7, 11) is 0. The third kappa shape index (κ3) is 6.21. The van der Waals surface area contributed by atoms with E-state index in [4.69, 9.17) is 9.97 Å². The summed E-state index contributed by atoms with van der Waals surface area (Å²) in [5.41, 5.74) is 9.45. The highest BCUT2D eigenvalue weighted by Crippen LogP contribution is 2.81. The molecule has 0 bridgehead atoms. The van der Waals surface area contributed by atoms with Gasteiger partial charge in [0.1, 0.15) is 0 Å². The number of hydrogen-bond acceptors (Lipinski definition) is 2. The second-order valence-electron chi connectivity index (χ2n) is 27.8. The van der Waals surface area contributed by atoms with E-state index in [2.05, 4.69) is 83.1 Å². The number of nitrogens with zero attached hydrogens (tertiary/aromatic N) is 2. The minimum Gasteiger partial charge on any atom is -0.254 e. The van der Waals surface area contributed by atoms with Gasteiger partial charge in [-0.15, -0.1) is 0 Å². The molecule has 8 aliphatic carbocycles. The van der Waals surface area contributed by atoms with Gasteiger partial charge in [-0.05, 0) is 193 Å². The number of unbranched alkanes of at least 4 members (excludes halogenated alkanes) is 10. The molecular weight excluding hydrogens is 749 g/mol. The van der Waals surface area contributed by atoms with Gasteiger partial charge < -0.3 is 0 Å². The number of fused-ring (bicyclic) bond motifs is 12. The second kappa shape index (κ2) is 15.8. The van der Waals surface area contributed by atoms with Crippen molar-refractivity contribution in [1.29, 1.82) is 0 Å². The Balaban J connectivity index is 0.946. The first-order chi connectivity index (χ1) is 29.3. The summed E-state index contributed by atoms with van der Waals surface area (Å²) in [5, 5.41) is 0. The largest absolute Gasteiger partial charge is 0.254 e. The lowest BCUT2D eigenvalue weighted by Gasteiger charge is -2.72. The quantitative estimate of drug-likeness (QED) is 0.174. The summed E-state index contributed by atoms with van der Waals surface area (Å²) in [5.74, 6) is 3.52. The van der Waals surface area contributed by atoms with Gasteiger partial charge >= 0.3 is 0 Å². The van der Waals surface area contributed by atoms with Crippen LogP contribution in [0.15, 0.2) is 0 Å². The minimum absolute atomic E-state index is 0.261. The van der Waals surface area contributed by atoms with Crippen LogP contribution in [0.4, 0.5) is 0 Å². The first-order valence-corrected chi connectivity index (χ1v) is 28.1. The zero-order valence-electron chi connectivity index (χ0n) is 43.4. The molecule has 2 heteroatoms. The van der Waals surface area contributed by atoms with E-state index < -0.39 is 0 Å². The SMILES string of the molecule is CCCCCCCCC1CCC2(C)C3CCC4(C)Cc5nc6c(nc5CC4(C)C3(C)CCC12C)CC1(C)CCC2C3(C)CCC(CCCCCCCC)C3(C)CCC2(C)C1(C)C6. The van der Waals surface area contributed by atoms with Crippen LogP contribution in [0, 0.1) is 77.8 Å². The smallest absolute Gasteiger partial charge is 0.0628 e. The van der Waals surface area contributed by atoms with Crippen molar-refractivity contribution in [2.75, 3.05) is 0 Å². The van der Waals surface area contributed by atoms with Crippen molar-refractivity contribution in [3.05, 3.63) is 22.8 Å². The Hall–Kier alpha value is -0.920. The molecule has 6 saturated carbocycles. The highest BCUT2D eigenvalue weighted by molar-refractivity contribution is 5.35. The molecule has 8 aliphatic rings. The number of aromatic nitrogens is 2. The Labute approximate surface area is 384 Å². The maximum Gasteiger partial charge on any atom is 0.0628 e. The van der Waals surface area contributed by atoms with Crippen LogP contribution in [-0.4, -0.2) is 9.97 Å². The van der Waals surface area contributed by atoms with Gasteiger partial charge in [0.2, 0.25) is 0 Å². The summed E-state index contributed by atoms with van der Waals surface area (Å²) in [6.07, 6.45) is 42.1. The molecule has 62 heavy (non-hydrogen) atoms. The van der Waals surface area contributed by atoms with Crippen LogP contribution in [0.3, 0.4) is 0 Å². The van der Waals surface area contributed by atoms with E-state index in [1.165, 1.54) is 190 Å². The van der Waals surface area contributed by atoms with Gasteiger partial charge in [-0.25, -0.2) is 0 Å². The van der Waals surface area contributed by atoms with Crippen molar-refractivity contribution in [1.82, 2.24) is 9.97 Å². The Morgan fingerprint density at radius 3 is 1.08 bits per heavy atom. The van der Waals surface area contributed by atoms with Crippen molar-refractivity contribution in [2.45, 2.75) is 276 Å². The Kier molecular flexibility index (Phi) is 11.8. The fraction of sp³-hybridized carbons (Fsp3) is 0.933. The van der Waals surface area contributed by atoms with Gasteiger partial charge in [0, 0.05) is 0 Å². The molecule has 350 valence electrons. The van der Waals surface area contributed by atoms with Crippen molar-refractivity contribution < 1.29 is 0 Å². The standard InChI is InChI=1S/C60H100N2/c1-13-15-17-19-21-23-25-43-27-33-55(7)49-29-31-51(3)39-45-47(41-59(51,11)57(49,9)37-35-53(43,55)5)61-46-40-52(4)32-30-50-56(8)34-28-44(26-24-22-20-18-16-14-2)54(56,6)36-38-58(50,10)60(52,12)42-48(46)62-45/h43-44,49-50H,13-42H2,1-12H3. The molecule has 9 rings (SSSR count). The van der Waals surface area contributed by atoms with Gasteiger partial charge in [-0.1, -0.05) is 160 Å². The maximum absolute atomic E-state index is 5.93. The second-order valence-corrected chi connectivity index (χ2v) is 27.8. The maximum atomic E-state index is 5.93. The van der Waals surface area contributed by atoms with Crippen molar-refractivity contribution >= 4 is 0 Å². The topological polar surface area (TPSA) is 25.8 Å². The van der Waals surface area contributed by atoms with E-state index in [0.717, 1.165) is 49.4 Å². The molecule has 1 aromatic heterocycles. The van der Waals surface area contributed by atoms with Gasteiger partial charge in [0.05, 0.1) is 22.8 Å². The lowest BCUT2D eigenvalue weighted by molar-refractivity contribution is -0.229. The van der Waals surface area contributed by atoms with Crippen LogP contribution < -0.4 is 0 Å². The van der Waals surface area contributed by atoms with Crippen LogP contribution in [0.1, 0.15) is 273 Å². The van der Waals surface area contributed by atoms with Gasteiger partial charge in [0.25, 0.3) is 0 Å². The van der Waals surface area contributed by atoms with Gasteiger partial charge in [-0.3, -0.25) is 9.97 Å². The highest BCUT2D eigenvalue weighted by atomic mass is 14.9. The summed E-state index contributed by atoms with van der Waals surface area (Å²) in [6, 6.07) is 0. The predicted molar refractivity (Wildman–Crippen MR) is 263 cm³/mol. The Morgan fingerprint density at radius 1 is 0.355 bits per heavy atom. The summed E-state index contributed by atoms with van der Waals surface area (Å²) >= 11 is 0. The molecule has 0 radical (unpaired) electrons. The van der Waals surface area contributed by atoms with E-state index in [0.29, 0.717) is 43.3 Å². The molecule has 14 unspecified atom stereocenters. The first-order valence-electron chi connectivity index (χ1n) is 28.1. The predicted octanol–water partition coefficient (Wildman–Crippen LogP) is 17.5. The molecule has 0 aliphatic heterocycles. The van der Waals surface area contributed by atoms with Crippen molar-refractivity contribution in [3.63, 3.8) is 0 Å². The van der Waals surface area contributed by atoms with Crippen LogP contribution in [0.25, 0.3) is 0 Å². The Bertz CT molecular complexity index is 1680. The molecule has 0 saturated heterocycles. The van der Waals surface area contributed by atoms with Crippen molar-refractivity contribution in [2.24, 2.45) is 77.8 Å². The molecule has 0 amide bonds. The molecule has 0 spiro atoms. The zero-order valence-corrected chi connectivity index (χ0v) is 43.4. The molecule has 14 atom stereocenters. The fourth-order valence-corrected chi connectivity index (χ4v) is 20.7. The van der Waals surface area contributed by atoms with Crippen LogP contribution >= 0.6 is 0 Å². The average Bonchev–Trinajstić information content (AvgIpc) is 3.64. The molecular formula is C60H100N2. The number of hydrogen-bond donors (Lipinski definition) is 0. The summed E-state index contributed by atoms with van der Waals surface area (Å²) in [4.78, 5) is 11.9. The van der Waals surface area contributed by atoms with Gasteiger partial charge in [0.15, 0.2) is 0 Å². The normalized spacial score (nSPS) is 48.8. The molecule has 1 heterocycles. The lowest BCUT2D eigenvalue weighted by Crippen LogP contribution is -2.67. The molecule has 0 N–H and O–H groups in total. The highest BCUT2D eigenvalue weighted by Gasteiger charge is 2.74. The van der Waals surface area contributed by atoms with Crippen LogP contribution in [-0.2, 0) is 25.7 Å². The molecule has 1 aromatic rings. The van der Waals surface area contributed by atoms with E-state index in [-0.39, 0.29) is 10.8 Å². The first kappa shape index (κ1) is 46.2. The summed E-state index contributed by atoms with van der Waals surface area (Å²) in [6.45, 7) is 32.6. The molecule has 2 nitrogen and oxygen atoms in total. The monoisotopic (exact) mass is 849 g/mol. The van der Waals surface area contributed by atoms with Crippen LogP contribution in [0.5, 0.6) is 0 Å². The summed E-state index contributed by atoms with van der Waals surface area (Å²) < 4.78 is 0. The lowest BCUT2D eigenvalue weighted by atomic mass is 9.32. The Morgan fingerprint density at radius 2 is 0.694 bits per heavy atom. The van der Waals surface area contributed by atoms with E-state index in [1.54, 1.807) is 0 Å². The van der Waals surface area contributed by atoms with Crippen LogP contribution in [0.2, 0.25) is 0 Å². The van der Waals surface area contributed by atoms with E-state index in [1.807, 2.05) is 0 Å². The zero-order chi connectivity index (χ0) is 44.2. The third-order valence-electron chi connectivity index (χ3n) is 26.2. The van der Waals surface area contributed by atoms with E-state index in [9.17, 15) is 0 Å². The minimum atomic E-state index is 0.261.